The molecule has 0 amide bonds. The van der Waals surface area contributed by atoms with Crippen LogP contribution in [-0.4, -0.2) is 48.3 Å². The third-order valence-electron chi connectivity index (χ3n) is 2.68. The van der Waals surface area contributed by atoms with Gasteiger partial charge in [-0.15, -0.1) is 0 Å². The van der Waals surface area contributed by atoms with Gasteiger partial charge in [0.1, 0.15) is 0 Å². The first-order valence-corrected chi connectivity index (χ1v) is 7.26. The lowest BCUT2D eigenvalue weighted by molar-refractivity contribution is -0.0310. The molecule has 4 heteroatoms. The van der Waals surface area contributed by atoms with Crippen molar-refractivity contribution in [2.45, 2.75) is 72.2 Å². The second-order valence-corrected chi connectivity index (χ2v) is 6.60. The molecule has 1 aliphatic carbocycles. The van der Waals surface area contributed by atoms with Gasteiger partial charge in [-0.1, -0.05) is 20.8 Å². The predicted molar refractivity (Wildman–Crippen MR) is 77.2 cm³/mol. The molecule has 0 heterocycles. The summed E-state index contributed by atoms with van der Waals surface area (Å²) in [5, 5.41) is 17.1. The quantitative estimate of drug-likeness (QED) is 0.782. The highest BCUT2D eigenvalue weighted by atomic mass is 16.5. The fourth-order valence-corrected chi connectivity index (χ4v) is 1.26. The molecule has 0 aromatic carbocycles. The normalized spacial score (nSPS) is 19.1. The van der Waals surface area contributed by atoms with E-state index >= 15 is 0 Å². The Bertz CT molecular complexity index is 207. The smallest absolute Gasteiger partial charge is 0.0779 e. The number of aliphatic hydroxyl groups excluding tert-OH is 2. The van der Waals surface area contributed by atoms with Crippen LogP contribution < -0.4 is 0 Å². The van der Waals surface area contributed by atoms with Crippen LogP contribution in [0.5, 0.6) is 0 Å². The van der Waals surface area contributed by atoms with Crippen LogP contribution in [0.2, 0.25) is 0 Å². The van der Waals surface area contributed by atoms with Gasteiger partial charge in [-0.3, -0.25) is 0 Å². The molecule has 2 N–H and O–H groups in total. The molecule has 0 saturated heterocycles. The maximum absolute atomic E-state index is 8.69. The van der Waals surface area contributed by atoms with Crippen molar-refractivity contribution in [2.75, 3.05) is 19.8 Å². The third-order valence-corrected chi connectivity index (χ3v) is 2.68. The van der Waals surface area contributed by atoms with Crippen LogP contribution in [0.25, 0.3) is 0 Å². The minimum absolute atomic E-state index is 0.00667. The van der Waals surface area contributed by atoms with Crippen molar-refractivity contribution in [3.63, 3.8) is 0 Å². The largest absolute Gasteiger partial charge is 0.394 e. The summed E-state index contributed by atoms with van der Waals surface area (Å²) in [6.45, 7) is 11.3. The van der Waals surface area contributed by atoms with E-state index in [4.69, 9.17) is 19.7 Å². The van der Waals surface area contributed by atoms with Gasteiger partial charge in [0.2, 0.25) is 0 Å². The molecular weight excluding hydrogens is 244 g/mol. The highest BCUT2D eigenvalue weighted by Gasteiger charge is 2.20. The summed E-state index contributed by atoms with van der Waals surface area (Å²) in [6, 6.07) is 0. The number of hydrogen-bond donors (Lipinski definition) is 2. The summed E-state index contributed by atoms with van der Waals surface area (Å²) < 4.78 is 10.6. The molecule has 1 saturated carbocycles. The molecule has 2 unspecified atom stereocenters. The topological polar surface area (TPSA) is 58.9 Å². The number of ether oxygens (including phenoxy) is 2. The average Bonchev–Trinajstić information content (AvgIpc) is 2.23. The van der Waals surface area contributed by atoms with E-state index in [0.29, 0.717) is 18.1 Å². The number of rotatable bonds is 6. The summed E-state index contributed by atoms with van der Waals surface area (Å²) in [5.41, 5.74) is 0.343. The summed E-state index contributed by atoms with van der Waals surface area (Å²) in [4.78, 5) is 0. The van der Waals surface area contributed by atoms with E-state index < -0.39 is 6.10 Å². The van der Waals surface area contributed by atoms with Crippen molar-refractivity contribution in [1.82, 2.24) is 0 Å². The fraction of sp³-hybridized carbons (Fsp3) is 1.00. The van der Waals surface area contributed by atoms with Gasteiger partial charge in [-0.05, 0) is 38.5 Å². The standard InChI is InChI=1S/C9H18O.C6H14O3/c1-9(2,3)7-10-8-5-4-6-8;1-5(8)4-9-6(2)3-7/h8H,4-7H2,1-3H3;5-8H,3-4H2,1-2H3. The first-order valence-electron chi connectivity index (χ1n) is 7.26. The van der Waals surface area contributed by atoms with Crippen LogP contribution in [0.1, 0.15) is 53.9 Å². The molecule has 116 valence electrons. The molecular formula is C15H32O4. The second kappa shape index (κ2) is 9.70. The number of aliphatic hydroxyl groups is 2. The first-order chi connectivity index (χ1) is 8.74. The second-order valence-electron chi connectivity index (χ2n) is 6.60. The highest BCUT2D eigenvalue weighted by molar-refractivity contribution is 4.70. The lowest BCUT2D eigenvalue weighted by atomic mass is 9.94. The van der Waals surface area contributed by atoms with Gasteiger partial charge in [0.25, 0.3) is 0 Å². The zero-order valence-electron chi connectivity index (χ0n) is 13.2. The van der Waals surface area contributed by atoms with Crippen LogP contribution in [0.4, 0.5) is 0 Å². The summed E-state index contributed by atoms with van der Waals surface area (Å²) in [6.07, 6.45) is 3.93. The molecule has 1 rings (SSSR count). The molecule has 0 radical (unpaired) electrons. The monoisotopic (exact) mass is 276 g/mol. The minimum atomic E-state index is -0.445. The van der Waals surface area contributed by atoms with Gasteiger partial charge < -0.3 is 19.7 Å². The zero-order chi connectivity index (χ0) is 14.9. The molecule has 0 spiro atoms. The Hall–Kier alpha value is -0.160. The zero-order valence-corrected chi connectivity index (χ0v) is 13.2. The molecule has 0 aromatic heterocycles. The van der Waals surface area contributed by atoms with E-state index in [0.717, 1.165) is 6.61 Å². The van der Waals surface area contributed by atoms with Gasteiger partial charge in [-0.25, -0.2) is 0 Å². The van der Waals surface area contributed by atoms with Crippen molar-refractivity contribution < 1.29 is 19.7 Å². The fourth-order valence-electron chi connectivity index (χ4n) is 1.26. The van der Waals surface area contributed by atoms with E-state index in [1.54, 1.807) is 13.8 Å². The molecule has 19 heavy (non-hydrogen) atoms. The Morgan fingerprint density at radius 2 is 1.79 bits per heavy atom. The Kier molecular flexibility index (Phi) is 9.62. The van der Waals surface area contributed by atoms with E-state index in [9.17, 15) is 0 Å². The molecule has 1 aliphatic rings. The molecule has 0 bridgehead atoms. The van der Waals surface area contributed by atoms with Crippen LogP contribution in [0.3, 0.4) is 0 Å². The van der Waals surface area contributed by atoms with Crippen LogP contribution in [-0.2, 0) is 9.47 Å². The van der Waals surface area contributed by atoms with E-state index in [1.165, 1.54) is 19.3 Å². The Morgan fingerprint density at radius 3 is 2.11 bits per heavy atom. The van der Waals surface area contributed by atoms with Gasteiger partial charge in [0.15, 0.2) is 0 Å². The summed E-state index contributed by atoms with van der Waals surface area (Å²) >= 11 is 0. The summed E-state index contributed by atoms with van der Waals surface area (Å²) in [7, 11) is 0. The molecule has 1 fully saturated rings. The van der Waals surface area contributed by atoms with Gasteiger partial charge in [0, 0.05) is 0 Å². The predicted octanol–water partition coefficient (Wildman–Crippen LogP) is 2.37. The van der Waals surface area contributed by atoms with Crippen LogP contribution in [0, 0.1) is 5.41 Å². The molecule has 0 aromatic rings. The molecule has 2 atom stereocenters. The Labute approximate surface area is 118 Å². The lowest BCUT2D eigenvalue weighted by Gasteiger charge is -2.29. The van der Waals surface area contributed by atoms with Gasteiger partial charge in [0.05, 0.1) is 38.1 Å². The minimum Gasteiger partial charge on any atom is -0.394 e. The van der Waals surface area contributed by atoms with Gasteiger partial charge >= 0.3 is 0 Å². The van der Waals surface area contributed by atoms with Crippen molar-refractivity contribution in [3.05, 3.63) is 0 Å². The van der Waals surface area contributed by atoms with Gasteiger partial charge in [-0.2, -0.15) is 0 Å². The molecule has 4 nitrogen and oxygen atoms in total. The van der Waals surface area contributed by atoms with Crippen LogP contribution >= 0.6 is 0 Å². The van der Waals surface area contributed by atoms with Crippen molar-refractivity contribution in [2.24, 2.45) is 5.41 Å². The summed E-state index contributed by atoms with van der Waals surface area (Å²) in [5.74, 6) is 0. The van der Waals surface area contributed by atoms with Crippen molar-refractivity contribution in [1.29, 1.82) is 0 Å². The van der Waals surface area contributed by atoms with Crippen LogP contribution in [0.15, 0.2) is 0 Å². The first kappa shape index (κ1) is 18.8. The lowest BCUT2D eigenvalue weighted by Crippen LogP contribution is -2.26. The maximum atomic E-state index is 8.69. The molecule has 0 aliphatic heterocycles. The van der Waals surface area contributed by atoms with E-state index in [2.05, 4.69) is 20.8 Å². The maximum Gasteiger partial charge on any atom is 0.0779 e. The average molecular weight is 276 g/mol. The van der Waals surface area contributed by atoms with E-state index in [1.807, 2.05) is 0 Å². The third kappa shape index (κ3) is 12.6. The van der Waals surface area contributed by atoms with E-state index in [-0.39, 0.29) is 12.7 Å². The van der Waals surface area contributed by atoms with Crippen molar-refractivity contribution in [3.8, 4) is 0 Å². The number of hydrogen-bond acceptors (Lipinski definition) is 4. The Balaban J connectivity index is 0.000000344. The SMILES string of the molecule is CC(C)(C)COC1CCC1.CC(O)COC(C)CO. The van der Waals surface area contributed by atoms with Crippen molar-refractivity contribution >= 4 is 0 Å². The Morgan fingerprint density at radius 1 is 1.21 bits per heavy atom. The highest BCUT2D eigenvalue weighted by Crippen LogP contribution is 2.24.